The molecule has 0 atom stereocenters. The summed E-state index contributed by atoms with van der Waals surface area (Å²) < 4.78 is 26.7. The lowest BCUT2D eigenvalue weighted by molar-refractivity contribution is 0.594. The molecule has 0 spiro atoms. The maximum absolute atomic E-state index is 12.3. The number of hydrogen-bond donors (Lipinski definition) is 0. The van der Waals surface area contributed by atoms with Gasteiger partial charge in [0.1, 0.15) is 0 Å². The number of sulfonamides is 1. The van der Waals surface area contributed by atoms with Crippen LogP contribution in [0.2, 0.25) is 0 Å². The maximum atomic E-state index is 12.3. The maximum Gasteiger partial charge on any atom is 0.265 e. The molecule has 2 rings (SSSR count). The molecule has 7 heteroatoms. The number of nitrogens with zero attached hydrogens (tertiary/aromatic N) is 2. The Labute approximate surface area is 118 Å². The van der Waals surface area contributed by atoms with Crippen LogP contribution < -0.4 is 4.31 Å². The van der Waals surface area contributed by atoms with Crippen molar-refractivity contribution >= 4 is 42.4 Å². The molecule has 0 aliphatic rings. The first-order valence-corrected chi connectivity index (χ1v) is 8.19. The highest BCUT2D eigenvalue weighted by Gasteiger charge is 2.23. The summed E-state index contributed by atoms with van der Waals surface area (Å²) in [6.07, 6.45) is 0. The second-order valence-corrected chi connectivity index (χ2v) is 7.42. The van der Waals surface area contributed by atoms with Crippen LogP contribution in [0.1, 0.15) is 5.69 Å². The second kappa shape index (κ2) is 4.99. The minimum absolute atomic E-state index is 0.251. The molecule has 0 aliphatic carbocycles. The Morgan fingerprint density at radius 1 is 1.28 bits per heavy atom. The summed E-state index contributed by atoms with van der Waals surface area (Å²) in [6.45, 7) is 1.83. The predicted octanol–water partition coefficient (Wildman–Crippen LogP) is 3.04. The number of benzene rings is 1. The molecule has 18 heavy (non-hydrogen) atoms. The van der Waals surface area contributed by atoms with Crippen LogP contribution in [0, 0.1) is 6.92 Å². The fraction of sp³-hybridized carbons (Fsp3) is 0.182. The van der Waals surface area contributed by atoms with Crippen LogP contribution in [0.4, 0.5) is 5.13 Å². The standard InChI is InChI=1S/C11H11BrN2O2S2/c1-8-7-17-11(13-8)14(2)18(15,16)10-5-3-9(12)4-6-10/h3-7H,1-2H3. The summed E-state index contributed by atoms with van der Waals surface area (Å²) in [7, 11) is -2.03. The normalized spacial score (nSPS) is 11.5. The van der Waals surface area contributed by atoms with E-state index in [1.165, 1.54) is 22.7 Å². The predicted molar refractivity (Wildman–Crippen MR) is 76.6 cm³/mol. The van der Waals surface area contributed by atoms with Gasteiger partial charge in [-0.15, -0.1) is 11.3 Å². The van der Waals surface area contributed by atoms with Crippen LogP contribution in [-0.4, -0.2) is 20.4 Å². The summed E-state index contributed by atoms with van der Waals surface area (Å²) >= 11 is 4.59. The molecule has 1 heterocycles. The first-order chi connectivity index (χ1) is 8.41. The zero-order valence-corrected chi connectivity index (χ0v) is 13.0. The lowest BCUT2D eigenvalue weighted by atomic mass is 10.4. The molecule has 0 N–H and O–H groups in total. The van der Waals surface area contributed by atoms with Gasteiger partial charge < -0.3 is 0 Å². The van der Waals surface area contributed by atoms with Crippen LogP contribution in [0.15, 0.2) is 39.0 Å². The van der Waals surface area contributed by atoms with Gasteiger partial charge in [-0.1, -0.05) is 15.9 Å². The second-order valence-electron chi connectivity index (χ2n) is 3.70. The van der Waals surface area contributed by atoms with E-state index in [1.807, 2.05) is 12.3 Å². The van der Waals surface area contributed by atoms with Gasteiger partial charge in [-0.2, -0.15) is 0 Å². The van der Waals surface area contributed by atoms with Gasteiger partial charge >= 0.3 is 0 Å². The number of halogens is 1. The van der Waals surface area contributed by atoms with E-state index in [2.05, 4.69) is 20.9 Å². The van der Waals surface area contributed by atoms with Crippen molar-refractivity contribution in [3.63, 3.8) is 0 Å². The summed E-state index contributed by atoms with van der Waals surface area (Å²) in [5.74, 6) is 0. The minimum atomic E-state index is -3.54. The SMILES string of the molecule is Cc1csc(N(C)S(=O)(=O)c2ccc(Br)cc2)n1. The van der Waals surface area contributed by atoms with E-state index in [-0.39, 0.29) is 4.90 Å². The Balaban J connectivity index is 2.39. The third-order valence-electron chi connectivity index (χ3n) is 2.35. The van der Waals surface area contributed by atoms with Gasteiger partial charge in [0, 0.05) is 16.9 Å². The van der Waals surface area contributed by atoms with Gasteiger partial charge in [-0.25, -0.2) is 17.7 Å². The van der Waals surface area contributed by atoms with Crippen molar-refractivity contribution in [2.75, 3.05) is 11.4 Å². The number of aryl methyl sites for hydroxylation is 1. The van der Waals surface area contributed by atoms with E-state index in [4.69, 9.17) is 0 Å². The summed E-state index contributed by atoms with van der Waals surface area (Å²) in [5, 5.41) is 2.29. The number of rotatable bonds is 3. The van der Waals surface area contributed by atoms with Crippen LogP contribution in [0.5, 0.6) is 0 Å². The monoisotopic (exact) mass is 346 g/mol. The number of aromatic nitrogens is 1. The molecule has 96 valence electrons. The Morgan fingerprint density at radius 2 is 1.89 bits per heavy atom. The Hall–Kier alpha value is -0.920. The van der Waals surface area contributed by atoms with Crippen LogP contribution in [0.3, 0.4) is 0 Å². The lowest BCUT2D eigenvalue weighted by Gasteiger charge is -2.16. The van der Waals surface area contributed by atoms with Crippen molar-refractivity contribution in [1.82, 2.24) is 4.98 Å². The first-order valence-electron chi connectivity index (χ1n) is 5.08. The van der Waals surface area contributed by atoms with Gasteiger partial charge in [-0.05, 0) is 31.2 Å². The molecule has 1 aromatic heterocycles. The van der Waals surface area contributed by atoms with E-state index in [0.717, 1.165) is 10.2 Å². The molecule has 0 saturated carbocycles. The molecule has 0 saturated heterocycles. The van der Waals surface area contributed by atoms with Crippen molar-refractivity contribution in [1.29, 1.82) is 0 Å². The zero-order valence-electron chi connectivity index (χ0n) is 9.79. The van der Waals surface area contributed by atoms with Crippen molar-refractivity contribution in [3.8, 4) is 0 Å². The van der Waals surface area contributed by atoms with E-state index < -0.39 is 10.0 Å². The average Bonchev–Trinajstić information content (AvgIpc) is 2.75. The highest BCUT2D eigenvalue weighted by atomic mass is 79.9. The molecule has 1 aromatic carbocycles. The Kier molecular flexibility index (Phi) is 3.74. The van der Waals surface area contributed by atoms with E-state index in [1.54, 1.807) is 24.3 Å². The molecule has 0 bridgehead atoms. The van der Waals surface area contributed by atoms with Crippen LogP contribution >= 0.6 is 27.3 Å². The van der Waals surface area contributed by atoms with Gasteiger partial charge in [0.15, 0.2) is 5.13 Å². The number of thiazole rings is 1. The summed E-state index contributed by atoms with van der Waals surface area (Å²) in [4.78, 5) is 4.43. The summed E-state index contributed by atoms with van der Waals surface area (Å²) in [5.41, 5.74) is 0.813. The molecule has 2 aromatic rings. The van der Waals surface area contributed by atoms with Crippen molar-refractivity contribution in [2.45, 2.75) is 11.8 Å². The molecule has 0 aliphatic heterocycles. The van der Waals surface area contributed by atoms with Crippen molar-refractivity contribution in [2.24, 2.45) is 0 Å². The van der Waals surface area contributed by atoms with Crippen LogP contribution in [0.25, 0.3) is 0 Å². The highest BCUT2D eigenvalue weighted by Crippen LogP contribution is 2.25. The largest absolute Gasteiger partial charge is 0.265 e. The van der Waals surface area contributed by atoms with Gasteiger partial charge in [0.25, 0.3) is 10.0 Å². The van der Waals surface area contributed by atoms with Gasteiger partial charge in [0.2, 0.25) is 0 Å². The van der Waals surface area contributed by atoms with E-state index in [9.17, 15) is 8.42 Å². The Bertz CT molecular complexity index is 650. The fourth-order valence-electron chi connectivity index (χ4n) is 1.35. The number of hydrogen-bond acceptors (Lipinski definition) is 4. The summed E-state index contributed by atoms with van der Waals surface area (Å²) in [6, 6.07) is 6.54. The average molecular weight is 347 g/mol. The highest BCUT2D eigenvalue weighted by molar-refractivity contribution is 9.10. The van der Waals surface area contributed by atoms with Crippen LogP contribution in [-0.2, 0) is 10.0 Å². The third kappa shape index (κ3) is 2.57. The fourth-order valence-corrected chi connectivity index (χ4v) is 3.76. The van der Waals surface area contributed by atoms with Gasteiger partial charge in [0.05, 0.1) is 10.6 Å². The molecule has 0 fully saturated rings. The molecular formula is C11H11BrN2O2S2. The lowest BCUT2D eigenvalue weighted by Crippen LogP contribution is -2.26. The molecule has 0 unspecified atom stereocenters. The zero-order chi connectivity index (χ0) is 13.3. The quantitative estimate of drug-likeness (QED) is 0.858. The molecule has 4 nitrogen and oxygen atoms in total. The number of anilines is 1. The van der Waals surface area contributed by atoms with Crippen molar-refractivity contribution in [3.05, 3.63) is 39.8 Å². The smallest absolute Gasteiger partial charge is 0.244 e. The third-order valence-corrected chi connectivity index (χ3v) is 5.79. The molecule has 0 amide bonds. The first kappa shape index (κ1) is 13.5. The van der Waals surface area contributed by atoms with Gasteiger partial charge in [-0.3, -0.25) is 0 Å². The molecular weight excluding hydrogens is 336 g/mol. The van der Waals surface area contributed by atoms with E-state index in [0.29, 0.717) is 5.13 Å². The minimum Gasteiger partial charge on any atom is -0.244 e. The Morgan fingerprint density at radius 3 is 2.39 bits per heavy atom. The van der Waals surface area contributed by atoms with Crippen molar-refractivity contribution < 1.29 is 8.42 Å². The van der Waals surface area contributed by atoms with E-state index >= 15 is 0 Å². The topological polar surface area (TPSA) is 50.3 Å². The molecule has 0 radical (unpaired) electrons.